The summed E-state index contributed by atoms with van der Waals surface area (Å²) >= 11 is 12.2. The lowest BCUT2D eigenvalue weighted by molar-refractivity contribution is -0.0762. The van der Waals surface area contributed by atoms with Gasteiger partial charge in [-0.2, -0.15) is 4.31 Å². The van der Waals surface area contributed by atoms with Crippen molar-refractivity contribution in [1.29, 1.82) is 0 Å². The monoisotopic (exact) mass is 367 g/mol. The fraction of sp³-hybridized carbons (Fsp3) is 0.571. The molecule has 0 radical (unpaired) electrons. The Morgan fingerprint density at radius 1 is 1.36 bits per heavy atom. The van der Waals surface area contributed by atoms with Crippen LogP contribution >= 0.6 is 23.2 Å². The van der Waals surface area contributed by atoms with Gasteiger partial charge in [0, 0.05) is 17.6 Å². The van der Waals surface area contributed by atoms with E-state index >= 15 is 0 Å². The molecular formula is C14H19Cl2NO4S. The molecule has 1 aromatic rings. The number of hydrogen-bond donors (Lipinski definition) is 1. The average molecular weight is 368 g/mol. The third-order valence-corrected chi connectivity index (χ3v) is 6.26. The zero-order valence-electron chi connectivity index (χ0n) is 12.8. The summed E-state index contributed by atoms with van der Waals surface area (Å²) in [7, 11) is -2.08. The first-order valence-corrected chi connectivity index (χ1v) is 9.19. The molecule has 0 aromatic heterocycles. The fourth-order valence-electron chi connectivity index (χ4n) is 2.55. The van der Waals surface area contributed by atoms with Crippen LogP contribution in [0.1, 0.15) is 32.4 Å². The van der Waals surface area contributed by atoms with Crippen molar-refractivity contribution >= 4 is 33.2 Å². The molecule has 0 saturated carbocycles. The third kappa shape index (κ3) is 2.95. The van der Waals surface area contributed by atoms with Gasteiger partial charge in [-0.15, -0.1) is 0 Å². The van der Waals surface area contributed by atoms with Crippen LogP contribution in [0.5, 0.6) is 5.75 Å². The molecule has 1 N–H and O–H groups in total. The summed E-state index contributed by atoms with van der Waals surface area (Å²) in [6, 6.07) is 2.29. The number of aliphatic hydroxyl groups excluding tert-OH is 1. The van der Waals surface area contributed by atoms with Crippen LogP contribution in [0.25, 0.3) is 0 Å². The molecule has 0 saturated heterocycles. The normalized spacial score (nSPS) is 24.0. The van der Waals surface area contributed by atoms with Crippen molar-refractivity contribution in [2.24, 2.45) is 0 Å². The van der Waals surface area contributed by atoms with Crippen LogP contribution in [0.4, 0.5) is 0 Å². The number of benzene rings is 1. The first-order chi connectivity index (χ1) is 10.0. The topological polar surface area (TPSA) is 66.8 Å². The van der Waals surface area contributed by atoms with Crippen LogP contribution in [0.15, 0.2) is 12.1 Å². The molecule has 2 rings (SSSR count). The lowest BCUT2D eigenvalue weighted by atomic mass is 9.86. The van der Waals surface area contributed by atoms with Gasteiger partial charge in [0.1, 0.15) is 17.5 Å². The number of hydrogen-bond acceptors (Lipinski definition) is 4. The predicted molar refractivity (Wildman–Crippen MR) is 87.1 cm³/mol. The summed E-state index contributed by atoms with van der Waals surface area (Å²) < 4.78 is 31.4. The minimum Gasteiger partial charge on any atom is -0.483 e. The van der Waals surface area contributed by atoms with E-state index in [9.17, 15) is 13.5 Å². The summed E-state index contributed by atoms with van der Waals surface area (Å²) in [6.07, 6.45) is -1.07. The average Bonchev–Trinajstić information content (AvgIpc) is 2.41. The van der Waals surface area contributed by atoms with E-state index < -0.39 is 27.8 Å². The van der Waals surface area contributed by atoms with Gasteiger partial charge in [-0.1, -0.05) is 23.2 Å². The van der Waals surface area contributed by atoms with Crippen molar-refractivity contribution in [3.05, 3.63) is 27.7 Å². The Balaban J connectivity index is 2.68. The molecule has 1 heterocycles. The zero-order chi connectivity index (χ0) is 16.9. The lowest BCUT2D eigenvalue weighted by Crippen LogP contribution is -2.54. The van der Waals surface area contributed by atoms with Gasteiger partial charge in [0.05, 0.1) is 16.8 Å². The van der Waals surface area contributed by atoms with E-state index in [0.29, 0.717) is 16.3 Å². The van der Waals surface area contributed by atoms with Gasteiger partial charge in [-0.05, 0) is 32.9 Å². The maximum atomic E-state index is 12.2. The SMILES string of the molecule is CCS(=O)(=O)N(C)C1c2cc(Cl)cc(Cl)c2OC(C)(C)C1O. The Labute approximate surface area is 140 Å². The number of likely N-dealkylation sites (N-methyl/N-ethyl adjacent to an activating group) is 1. The number of nitrogens with zero attached hydrogens (tertiary/aromatic N) is 1. The van der Waals surface area contributed by atoms with E-state index in [0.717, 1.165) is 4.31 Å². The minimum atomic E-state index is -3.52. The van der Waals surface area contributed by atoms with Crippen molar-refractivity contribution in [3.8, 4) is 5.75 Å². The second kappa shape index (κ2) is 5.83. The predicted octanol–water partition coefficient (Wildman–Crippen LogP) is 2.85. The number of rotatable bonds is 3. The Kier molecular flexibility index (Phi) is 4.73. The number of fused-ring (bicyclic) bond motifs is 1. The third-order valence-electron chi connectivity index (χ3n) is 3.93. The smallest absolute Gasteiger partial charge is 0.214 e. The van der Waals surface area contributed by atoms with Crippen molar-refractivity contribution in [2.45, 2.75) is 38.5 Å². The van der Waals surface area contributed by atoms with E-state index in [4.69, 9.17) is 27.9 Å². The van der Waals surface area contributed by atoms with Crippen molar-refractivity contribution in [2.75, 3.05) is 12.8 Å². The molecule has 0 bridgehead atoms. The minimum absolute atomic E-state index is 0.0718. The van der Waals surface area contributed by atoms with Gasteiger partial charge in [-0.3, -0.25) is 0 Å². The van der Waals surface area contributed by atoms with Gasteiger partial charge >= 0.3 is 0 Å². The van der Waals surface area contributed by atoms with Gasteiger partial charge in [0.15, 0.2) is 0 Å². The van der Waals surface area contributed by atoms with Crippen LogP contribution in [0, 0.1) is 0 Å². The van der Waals surface area contributed by atoms with E-state index in [1.165, 1.54) is 13.1 Å². The highest BCUT2D eigenvalue weighted by molar-refractivity contribution is 7.89. The first kappa shape index (κ1) is 17.8. The second-order valence-corrected chi connectivity index (χ2v) is 8.98. The van der Waals surface area contributed by atoms with Gasteiger partial charge in [0.25, 0.3) is 0 Å². The highest BCUT2D eigenvalue weighted by atomic mass is 35.5. The summed E-state index contributed by atoms with van der Waals surface area (Å²) in [4.78, 5) is 0. The van der Waals surface area contributed by atoms with E-state index in [2.05, 4.69) is 0 Å². The Morgan fingerprint density at radius 2 is 1.95 bits per heavy atom. The standard InChI is InChI=1S/C14H19Cl2NO4S/c1-5-22(19,20)17(4)11-9-6-8(15)7-10(16)12(9)21-14(2,3)13(11)18/h6-7,11,13,18H,5H2,1-4H3. The molecule has 0 aliphatic carbocycles. The van der Waals surface area contributed by atoms with Crippen LogP contribution in [0.3, 0.4) is 0 Å². The van der Waals surface area contributed by atoms with Crippen LogP contribution in [0.2, 0.25) is 10.0 Å². The number of ether oxygens (including phenoxy) is 1. The van der Waals surface area contributed by atoms with Crippen molar-refractivity contribution in [1.82, 2.24) is 4.31 Å². The molecule has 8 heteroatoms. The molecule has 124 valence electrons. The Bertz CT molecular complexity index is 690. The fourth-order valence-corrected chi connectivity index (χ4v) is 4.08. The molecule has 2 atom stereocenters. The molecule has 0 amide bonds. The number of sulfonamides is 1. The quantitative estimate of drug-likeness (QED) is 0.891. The maximum Gasteiger partial charge on any atom is 0.214 e. The molecule has 1 aromatic carbocycles. The maximum absolute atomic E-state index is 12.2. The molecule has 0 fully saturated rings. The van der Waals surface area contributed by atoms with Gasteiger partial charge in [-0.25, -0.2) is 8.42 Å². The van der Waals surface area contributed by atoms with Crippen LogP contribution in [-0.2, 0) is 10.0 Å². The van der Waals surface area contributed by atoms with Crippen LogP contribution < -0.4 is 4.74 Å². The summed E-state index contributed by atoms with van der Waals surface area (Å²) in [5, 5.41) is 11.3. The largest absolute Gasteiger partial charge is 0.483 e. The molecule has 0 spiro atoms. The van der Waals surface area contributed by atoms with Crippen molar-refractivity contribution < 1.29 is 18.3 Å². The second-order valence-electron chi connectivity index (χ2n) is 5.82. The van der Waals surface area contributed by atoms with E-state index in [1.807, 2.05) is 0 Å². The number of aliphatic hydroxyl groups is 1. The zero-order valence-corrected chi connectivity index (χ0v) is 15.1. The van der Waals surface area contributed by atoms with Gasteiger partial charge in [0.2, 0.25) is 10.0 Å². The molecule has 22 heavy (non-hydrogen) atoms. The van der Waals surface area contributed by atoms with E-state index in [-0.39, 0.29) is 10.8 Å². The molecular weight excluding hydrogens is 349 g/mol. The lowest BCUT2D eigenvalue weighted by Gasteiger charge is -2.45. The Hall–Kier alpha value is -0.530. The van der Waals surface area contributed by atoms with Gasteiger partial charge < -0.3 is 9.84 Å². The first-order valence-electron chi connectivity index (χ1n) is 6.83. The molecule has 5 nitrogen and oxygen atoms in total. The summed E-state index contributed by atoms with van der Waals surface area (Å²) in [5.41, 5.74) is -0.531. The van der Waals surface area contributed by atoms with Crippen molar-refractivity contribution in [3.63, 3.8) is 0 Å². The highest BCUT2D eigenvalue weighted by Gasteiger charge is 2.47. The molecule has 1 aliphatic heterocycles. The molecule has 2 unspecified atom stereocenters. The number of halogens is 2. The summed E-state index contributed by atoms with van der Waals surface area (Å²) in [6.45, 7) is 4.92. The van der Waals surface area contributed by atoms with E-state index in [1.54, 1.807) is 26.8 Å². The highest BCUT2D eigenvalue weighted by Crippen LogP contribution is 2.47. The van der Waals surface area contributed by atoms with Crippen LogP contribution in [-0.4, -0.2) is 42.3 Å². The molecule has 1 aliphatic rings. The Morgan fingerprint density at radius 3 is 2.50 bits per heavy atom. The summed E-state index contributed by atoms with van der Waals surface area (Å²) in [5.74, 6) is 0.280.